The summed E-state index contributed by atoms with van der Waals surface area (Å²) in [6.45, 7) is 6.21. The highest BCUT2D eigenvalue weighted by Crippen LogP contribution is 2.25. The summed E-state index contributed by atoms with van der Waals surface area (Å²) in [6.07, 6.45) is 1.91. The van der Waals surface area contributed by atoms with Gasteiger partial charge in [0.1, 0.15) is 0 Å². The van der Waals surface area contributed by atoms with Crippen molar-refractivity contribution < 1.29 is 4.79 Å². The topological polar surface area (TPSA) is 32.7 Å². The van der Waals surface area contributed by atoms with Gasteiger partial charge in [0.05, 0.1) is 17.0 Å². The Balaban J connectivity index is 1.89. The van der Waals surface area contributed by atoms with Gasteiger partial charge in [-0.2, -0.15) is 10.1 Å². The number of rotatable bonds is 3. The van der Waals surface area contributed by atoms with Crippen molar-refractivity contribution in [3.63, 3.8) is 0 Å². The lowest BCUT2D eigenvalue weighted by Gasteiger charge is -2.11. The molecule has 3 nitrogen and oxygen atoms in total. The van der Waals surface area contributed by atoms with Crippen LogP contribution in [0.1, 0.15) is 37.8 Å². The van der Waals surface area contributed by atoms with Gasteiger partial charge >= 0.3 is 0 Å². The fourth-order valence-corrected chi connectivity index (χ4v) is 2.57. The van der Waals surface area contributed by atoms with Crippen LogP contribution in [0.4, 0.5) is 5.69 Å². The molecule has 0 spiro atoms. The molecule has 1 aliphatic heterocycles. The lowest BCUT2D eigenvalue weighted by atomic mass is 10.0. The number of para-hydroxylation sites is 1. The molecule has 0 atom stereocenters. The zero-order valence-corrected chi connectivity index (χ0v) is 13.7. The standard InChI is InChI=1S/C20H20N2O/c1-14(2)17-11-9-16(10-12-17)13-19-15(3)21-22(20(19)23)18-7-5-4-6-8-18/h4-14H,1-3H3/b19-13+. The monoisotopic (exact) mass is 304 g/mol. The van der Waals surface area contributed by atoms with E-state index < -0.39 is 0 Å². The number of nitrogens with zero attached hydrogens (tertiary/aromatic N) is 2. The molecule has 0 aliphatic carbocycles. The summed E-state index contributed by atoms with van der Waals surface area (Å²) >= 11 is 0. The van der Waals surface area contributed by atoms with Gasteiger partial charge in [-0.3, -0.25) is 4.79 Å². The van der Waals surface area contributed by atoms with Gasteiger partial charge in [0, 0.05) is 0 Å². The summed E-state index contributed by atoms with van der Waals surface area (Å²) in [5.41, 5.74) is 4.48. The molecule has 3 heteroatoms. The van der Waals surface area contributed by atoms with Crippen LogP contribution >= 0.6 is 0 Å². The minimum Gasteiger partial charge on any atom is -0.267 e. The van der Waals surface area contributed by atoms with Crippen LogP contribution in [-0.2, 0) is 4.79 Å². The molecule has 0 saturated carbocycles. The Morgan fingerprint density at radius 1 is 1.00 bits per heavy atom. The molecule has 0 bridgehead atoms. The number of anilines is 1. The molecule has 1 aliphatic rings. The first-order chi connectivity index (χ1) is 11.1. The van der Waals surface area contributed by atoms with E-state index in [1.165, 1.54) is 10.6 Å². The van der Waals surface area contributed by atoms with Crippen molar-refractivity contribution in [2.75, 3.05) is 5.01 Å². The molecule has 2 aromatic carbocycles. The largest absolute Gasteiger partial charge is 0.280 e. The van der Waals surface area contributed by atoms with E-state index in [1.54, 1.807) is 0 Å². The number of hydrogen-bond acceptors (Lipinski definition) is 2. The van der Waals surface area contributed by atoms with Crippen molar-refractivity contribution >= 4 is 23.4 Å². The average Bonchev–Trinajstić information content (AvgIpc) is 2.84. The van der Waals surface area contributed by atoms with Crippen molar-refractivity contribution in [3.05, 3.63) is 71.3 Å². The van der Waals surface area contributed by atoms with Crippen LogP contribution in [0.5, 0.6) is 0 Å². The first-order valence-corrected chi connectivity index (χ1v) is 7.83. The Bertz CT molecular complexity index is 771. The number of hydrogen-bond donors (Lipinski definition) is 0. The Hall–Kier alpha value is -2.68. The third kappa shape index (κ3) is 3.09. The van der Waals surface area contributed by atoms with Gasteiger partial charge in [-0.05, 0) is 42.2 Å². The van der Waals surface area contributed by atoms with Crippen molar-refractivity contribution in [1.82, 2.24) is 0 Å². The second-order valence-corrected chi connectivity index (χ2v) is 6.02. The summed E-state index contributed by atoms with van der Waals surface area (Å²) in [5.74, 6) is 0.420. The van der Waals surface area contributed by atoms with Crippen molar-refractivity contribution in [2.24, 2.45) is 5.10 Å². The molecule has 2 aromatic rings. The van der Waals surface area contributed by atoms with E-state index in [-0.39, 0.29) is 5.91 Å². The normalized spacial score (nSPS) is 16.3. The highest BCUT2D eigenvalue weighted by atomic mass is 16.2. The first-order valence-electron chi connectivity index (χ1n) is 7.83. The second kappa shape index (κ2) is 6.21. The lowest BCUT2D eigenvalue weighted by molar-refractivity contribution is -0.114. The van der Waals surface area contributed by atoms with E-state index in [1.807, 2.05) is 55.5 Å². The minimum atomic E-state index is -0.0818. The van der Waals surface area contributed by atoms with Crippen LogP contribution < -0.4 is 5.01 Å². The third-order valence-corrected chi connectivity index (χ3v) is 3.98. The predicted octanol–water partition coefficient (Wildman–Crippen LogP) is 4.62. The summed E-state index contributed by atoms with van der Waals surface area (Å²) in [4.78, 5) is 12.6. The zero-order chi connectivity index (χ0) is 16.4. The number of amides is 1. The average molecular weight is 304 g/mol. The molecule has 0 saturated heterocycles. The second-order valence-electron chi connectivity index (χ2n) is 6.02. The predicted molar refractivity (Wildman–Crippen MR) is 95.5 cm³/mol. The molecule has 1 amide bonds. The summed E-state index contributed by atoms with van der Waals surface area (Å²) in [7, 11) is 0. The Kier molecular flexibility index (Phi) is 4.11. The van der Waals surface area contributed by atoms with E-state index in [4.69, 9.17) is 0 Å². The first kappa shape index (κ1) is 15.2. The van der Waals surface area contributed by atoms with E-state index in [0.29, 0.717) is 11.5 Å². The summed E-state index contributed by atoms with van der Waals surface area (Å²) < 4.78 is 0. The number of hydrazone groups is 1. The number of carbonyl (C=O) groups excluding carboxylic acids is 1. The Morgan fingerprint density at radius 3 is 2.26 bits per heavy atom. The number of carbonyl (C=O) groups is 1. The van der Waals surface area contributed by atoms with Gasteiger partial charge in [0.2, 0.25) is 0 Å². The third-order valence-electron chi connectivity index (χ3n) is 3.98. The molecule has 116 valence electrons. The molecule has 23 heavy (non-hydrogen) atoms. The van der Waals surface area contributed by atoms with E-state index in [9.17, 15) is 4.79 Å². The molecule has 0 unspecified atom stereocenters. The maximum absolute atomic E-state index is 12.6. The fourth-order valence-electron chi connectivity index (χ4n) is 2.57. The molecular formula is C20H20N2O. The van der Waals surface area contributed by atoms with Gasteiger partial charge in [-0.15, -0.1) is 0 Å². The van der Waals surface area contributed by atoms with E-state index in [0.717, 1.165) is 17.0 Å². The van der Waals surface area contributed by atoms with Crippen LogP contribution in [0, 0.1) is 0 Å². The molecule has 0 fully saturated rings. The van der Waals surface area contributed by atoms with Crippen molar-refractivity contribution in [3.8, 4) is 0 Å². The van der Waals surface area contributed by atoms with Gasteiger partial charge in [0.25, 0.3) is 5.91 Å². The highest BCUT2D eigenvalue weighted by molar-refractivity contribution is 6.32. The maximum atomic E-state index is 12.6. The van der Waals surface area contributed by atoms with Crippen LogP contribution in [0.2, 0.25) is 0 Å². The summed E-state index contributed by atoms with van der Waals surface area (Å²) in [5, 5.41) is 5.86. The minimum absolute atomic E-state index is 0.0818. The smallest absolute Gasteiger partial charge is 0.267 e. The van der Waals surface area contributed by atoms with Crippen LogP contribution in [0.15, 0.2) is 65.3 Å². The molecular weight excluding hydrogens is 284 g/mol. The van der Waals surface area contributed by atoms with Crippen LogP contribution in [0.3, 0.4) is 0 Å². The van der Waals surface area contributed by atoms with E-state index >= 15 is 0 Å². The highest BCUT2D eigenvalue weighted by Gasteiger charge is 2.28. The van der Waals surface area contributed by atoms with Gasteiger partial charge in [-0.25, -0.2) is 0 Å². The van der Waals surface area contributed by atoms with Crippen molar-refractivity contribution in [1.29, 1.82) is 0 Å². The van der Waals surface area contributed by atoms with Gasteiger partial charge in [-0.1, -0.05) is 56.3 Å². The SMILES string of the molecule is CC1=NN(c2ccccc2)C(=O)/C1=C/c1ccc(C(C)C)cc1. The summed E-state index contributed by atoms with van der Waals surface area (Å²) in [6, 6.07) is 17.8. The van der Waals surface area contributed by atoms with Crippen LogP contribution in [-0.4, -0.2) is 11.6 Å². The Labute approximate surface area is 136 Å². The van der Waals surface area contributed by atoms with E-state index in [2.05, 4.69) is 31.1 Å². The van der Waals surface area contributed by atoms with Crippen molar-refractivity contribution in [2.45, 2.75) is 26.7 Å². The quantitative estimate of drug-likeness (QED) is 0.762. The molecule has 1 heterocycles. The Morgan fingerprint density at radius 2 is 1.65 bits per heavy atom. The molecule has 0 radical (unpaired) electrons. The molecule has 3 rings (SSSR count). The molecule has 0 aromatic heterocycles. The van der Waals surface area contributed by atoms with Gasteiger partial charge < -0.3 is 0 Å². The maximum Gasteiger partial charge on any atom is 0.280 e. The van der Waals surface area contributed by atoms with Crippen LogP contribution in [0.25, 0.3) is 6.08 Å². The lowest BCUT2D eigenvalue weighted by Crippen LogP contribution is -2.21. The fraction of sp³-hybridized carbons (Fsp3) is 0.200. The van der Waals surface area contributed by atoms with Gasteiger partial charge in [0.15, 0.2) is 0 Å². The zero-order valence-electron chi connectivity index (χ0n) is 13.7. The number of benzene rings is 2. The molecule has 0 N–H and O–H groups in total.